The highest BCUT2D eigenvalue weighted by atomic mass is 19.2. The van der Waals surface area contributed by atoms with Crippen LogP contribution in [0.2, 0.25) is 0 Å². The molecule has 2 aromatic carbocycles. The predicted molar refractivity (Wildman–Crippen MR) is 141 cm³/mol. The zero-order valence-corrected chi connectivity index (χ0v) is 21.7. The van der Waals surface area contributed by atoms with Crippen molar-refractivity contribution < 1.29 is 32.1 Å². The number of benzene rings is 2. The molecule has 210 valence electrons. The van der Waals surface area contributed by atoms with Crippen LogP contribution in [0.15, 0.2) is 30.5 Å². The van der Waals surface area contributed by atoms with E-state index in [-0.39, 0.29) is 52.0 Å². The van der Waals surface area contributed by atoms with Gasteiger partial charge >= 0.3 is 6.01 Å². The quantitative estimate of drug-likeness (QED) is 0.356. The number of nitrogens with zero attached hydrogens (tertiary/aromatic N) is 5. The summed E-state index contributed by atoms with van der Waals surface area (Å²) in [4.78, 5) is 17.0. The van der Waals surface area contributed by atoms with E-state index in [1.807, 2.05) is 9.80 Å². The molecule has 1 N–H and O–H groups in total. The summed E-state index contributed by atoms with van der Waals surface area (Å²) in [6.07, 6.45) is 1.44. The van der Waals surface area contributed by atoms with E-state index >= 15 is 4.39 Å². The third-order valence-corrected chi connectivity index (χ3v) is 7.45. The van der Waals surface area contributed by atoms with Crippen molar-refractivity contribution in [1.82, 2.24) is 19.9 Å². The number of ether oxygens (including phenoxy) is 2. The lowest BCUT2D eigenvalue weighted by molar-refractivity contribution is 0.152. The SMILES string of the molecule is CN1C[C@H](F)C[C@H]1COc1nc(N2CCCOCC2)c2cnc(-c3cc(O)cc4ccc(F)c(F)c34)c(F)c2n1. The molecule has 6 rings (SSSR count). The summed E-state index contributed by atoms with van der Waals surface area (Å²) >= 11 is 0. The lowest BCUT2D eigenvalue weighted by Crippen LogP contribution is -2.31. The Morgan fingerprint density at radius 3 is 2.75 bits per heavy atom. The van der Waals surface area contributed by atoms with Gasteiger partial charge in [0.05, 0.1) is 12.0 Å². The van der Waals surface area contributed by atoms with Gasteiger partial charge in [-0.25, -0.2) is 17.6 Å². The molecule has 8 nitrogen and oxygen atoms in total. The van der Waals surface area contributed by atoms with Gasteiger partial charge in [0.2, 0.25) is 0 Å². The molecule has 12 heteroatoms. The second kappa shape index (κ2) is 10.7. The topological polar surface area (TPSA) is 83.8 Å². The normalized spacial score (nSPS) is 20.4. The van der Waals surface area contributed by atoms with Gasteiger partial charge in [0.15, 0.2) is 17.5 Å². The Kier molecular flexibility index (Phi) is 7.05. The summed E-state index contributed by atoms with van der Waals surface area (Å²) in [5.41, 5.74) is -0.575. The van der Waals surface area contributed by atoms with Crippen molar-refractivity contribution in [2.75, 3.05) is 51.4 Å². The van der Waals surface area contributed by atoms with E-state index in [1.54, 1.807) is 7.05 Å². The molecule has 0 spiro atoms. The number of likely N-dealkylation sites (N-methyl/N-ethyl adjacent to an activating group) is 1. The molecule has 0 amide bonds. The number of anilines is 1. The minimum Gasteiger partial charge on any atom is -0.508 e. The van der Waals surface area contributed by atoms with Crippen molar-refractivity contribution in [3.8, 4) is 23.0 Å². The molecule has 2 fully saturated rings. The average Bonchev–Trinajstić information content (AvgIpc) is 3.09. The fraction of sp³-hybridized carbons (Fsp3) is 0.393. The average molecular weight is 558 g/mol. The van der Waals surface area contributed by atoms with Gasteiger partial charge in [-0.2, -0.15) is 9.97 Å². The Morgan fingerprint density at radius 2 is 1.95 bits per heavy atom. The van der Waals surface area contributed by atoms with Gasteiger partial charge in [-0.3, -0.25) is 9.88 Å². The van der Waals surface area contributed by atoms with Crippen LogP contribution in [0.1, 0.15) is 12.8 Å². The van der Waals surface area contributed by atoms with Crippen LogP contribution in [0.5, 0.6) is 11.8 Å². The number of likely N-dealkylation sites (tertiary alicyclic amines) is 1. The minimum atomic E-state index is -1.18. The zero-order chi connectivity index (χ0) is 28.0. The number of phenols is 1. The van der Waals surface area contributed by atoms with E-state index in [0.29, 0.717) is 50.5 Å². The number of hydrogen-bond donors (Lipinski definition) is 1. The molecular weight excluding hydrogens is 530 g/mol. The Hall–Kier alpha value is -3.77. The van der Waals surface area contributed by atoms with Gasteiger partial charge in [-0.1, -0.05) is 6.07 Å². The Balaban J connectivity index is 1.50. The van der Waals surface area contributed by atoms with Crippen LogP contribution >= 0.6 is 0 Å². The van der Waals surface area contributed by atoms with Gasteiger partial charge < -0.3 is 19.5 Å². The molecule has 2 atom stereocenters. The molecule has 0 radical (unpaired) electrons. The van der Waals surface area contributed by atoms with Crippen LogP contribution in [0.25, 0.3) is 32.9 Å². The first-order valence-corrected chi connectivity index (χ1v) is 13.1. The third kappa shape index (κ3) is 4.86. The van der Waals surface area contributed by atoms with Gasteiger partial charge in [-0.15, -0.1) is 0 Å². The molecule has 2 aliphatic heterocycles. The van der Waals surface area contributed by atoms with E-state index in [9.17, 15) is 18.3 Å². The first kappa shape index (κ1) is 26.5. The number of alkyl halides is 1. The first-order chi connectivity index (χ1) is 19.3. The van der Waals surface area contributed by atoms with Crippen molar-refractivity contribution in [2.45, 2.75) is 25.1 Å². The minimum absolute atomic E-state index is 0.0996. The highest BCUT2D eigenvalue weighted by Gasteiger charge is 2.30. The number of aromatic hydroxyl groups is 1. The summed E-state index contributed by atoms with van der Waals surface area (Å²) in [6, 6.07) is 4.33. The number of pyridine rings is 1. The van der Waals surface area contributed by atoms with Crippen molar-refractivity contribution in [3.63, 3.8) is 0 Å². The molecule has 4 heterocycles. The maximum absolute atomic E-state index is 16.3. The summed E-state index contributed by atoms with van der Waals surface area (Å²) < 4.78 is 70.7. The fourth-order valence-corrected chi connectivity index (χ4v) is 5.42. The van der Waals surface area contributed by atoms with Gasteiger partial charge in [0.1, 0.15) is 35.6 Å². The monoisotopic (exact) mass is 557 g/mol. The van der Waals surface area contributed by atoms with Crippen LogP contribution < -0.4 is 9.64 Å². The Labute approximate surface area is 227 Å². The van der Waals surface area contributed by atoms with Crippen molar-refractivity contribution in [1.29, 1.82) is 0 Å². The van der Waals surface area contributed by atoms with E-state index in [1.165, 1.54) is 18.3 Å². The Bertz CT molecular complexity index is 1580. The lowest BCUT2D eigenvalue weighted by atomic mass is 9.99. The molecule has 0 aliphatic carbocycles. The van der Waals surface area contributed by atoms with Crippen molar-refractivity contribution in [3.05, 3.63) is 47.9 Å². The molecule has 2 saturated heterocycles. The van der Waals surface area contributed by atoms with Crippen LogP contribution in [0.4, 0.5) is 23.4 Å². The zero-order valence-electron chi connectivity index (χ0n) is 21.7. The summed E-state index contributed by atoms with van der Waals surface area (Å²) in [5.74, 6) is -3.08. The van der Waals surface area contributed by atoms with Crippen LogP contribution in [0.3, 0.4) is 0 Å². The molecule has 2 aliphatic rings. The molecule has 2 aromatic heterocycles. The second-order valence-corrected chi connectivity index (χ2v) is 10.2. The van der Waals surface area contributed by atoms with Crippen LogP contribution in [0, 0.1) is 17.5 Å². The van der Waals surface area contributed by atoms with Crippen LogP contribution in [-0.2, 0) is 4.74 Å². The summed E-state index contributed by atoms with van der Waals surface area (Å²) in [5, 5.41) is 10.5. The van der Waals surface area contributed by atoms with Gasteiger partial charge in [0.25, 0.3) is 0 Å². The number of halogens is 4. The smallest absolute Gasteiger partial charge is 0.319 e. The standard InChI is InChI=1S/C28H27F4N5O3/c1-36-13-16(29)10-17(36)14-40-28-34-26-20(27(35-28)37-5-2-7-39-8-6-37)12-33-25(24(26)32)19-11-18(38)9-15-3-4-21(30)23(31)22(15)19/h3-4,9,11-12,16-17,38H,2,5-8,10,13-14H2,1H3/t16-,17+/m1/s1. The number of hydrogen-bond acceptors (Lipinski definition) is 8. The fourth-order valence-electron chi connectivity index (χ4n) is 5.42. The molecule has 0 unspecified atom stereocenters. The third-order valence-electron chi connectivity index (χ3n) is 7.45. The number of fused-ring (bicyclic) bond motifs is 2. The maximum atomic E-state index is 16.3. The summed E-state index contributed by atoms with van der Waals surface area (Å²) in [7, 11) is 1.80. The first-order valence-electron chi connectivity index (χ1n) is 13.1. The lowest BCUT2D eigenvalue weighted by Gasteiger charge is -2.24. The molecule has 0 bridgehead atoms. The largest absolute Gasteiger partial charge is 0.508 e. The van der Waals surface area contributed by atoms with Crippen molar-refractivity contribution >= 4 is 27.5 Å². The second-order valence-electron chi connectivity index (χ2n) is 10.2. The predicted octanol–water partition coefficient (Wildman–Crippen LogP) is 4.62. The van der Waals surface area contributed by atoms with Gasteiger partial charge in [0, 0.05) is 49.4 Å². The molecule has 40 heavy (non-hydrogen) atoms. The maximum Gasteiger partial charge on any atom is 0.319 e. The van der Waals surface area contributed by atoms with E-state index in [2.05, 4.69) is 15.0 Å². The van der Waals surface area contributed by atoms with E-state index in [0.717, 1.165) is 18.6 Å². The molecule has 0 saturated carbocycles. The van der Waals surface area contributed by atoms with E-state index in [4.69, 9.17) is 9.47 Å². The highest BCUT2D eigenvalue weighted by molar-refractivity contribution is 6.00. The molecular formula is C28H27F4N5O3. The molecule has 4 aromatic rings. The van der Waals surface area contributed by atoms with E-state index < -0.39 is 23.6 Å². The number of aromatic nitrogens is 3. The van der Waals surface area contributed by atoms with Crippen LogP contribution in [-0.4, -0.2) is 83.7 Å². The highest BCUT2D eigenvalue weighted by Crippen LogP contribution is 2.38. The number of rotatable bonds is 5. The van der Waals surface area contributed by atoms with Crippen molar-refractivity contribution in [2.24, 2.45) is 0 Å². The Morgan fingerprint density at radius 1 is 1.10 bits per heavy atom. The summed E-state index contributed by atoms with van der Waals surface area (Å²) in [6.45, 7) is 2.50. The van der Waals surface area contributed by atoms with Gasteiger partial charge in [-0.05, 0) is 43.5 Å². The number of phenolic OH excluding ortho intramolecular Hbond substituents is 1.